The van der Waals surface area contributed by atoms with E-state index in [-0.39, 0.29) is 29.8 Å². The first-order chi connectivity index (χ1) is 18.8. The summed E-state index contributed by atoms with van der Waals surface area (Å²) in [6, 6.07) is 15.8. The van der Waals surface area contributed by atoms with E-state index in [1.54, 1.807) is 6.07 Å². The van der Waals surface area contributed by atoms with Crippen molar-refractivity contribution in [2.45, 2.75) is 57.0 Å². The first kappa shape index (κ1) is 29.7. The van der Waals surface area contributed by atoms with Crippen LogP contribution in [0.3, 0.4) is 0 Å². The zero-order valence-electron chi connectivity index (χ0n) is 22.6. The van der Waals surface area contributed by atoms with Gasteiger partial charge in [-0.05, 0) is 69.0 Å². The Morgan fingerprint density at radius 1 is 1.08 bits per heavy atom. The number of hydrogen-bond donors (Lipinski definition) is 3. The molecule has 0 bridgehead atoms. The largest absolute Gasteiger partial charge is 0.481 e. The fourth-order valence-corrected chi connectivity index (χ4v) is 5.95. The molecule has 2 aliphatic heterocycles. The SMILES string of the molecule is CC[C@H](CN1CC[C@@H](CNc2ccc(Cl)c(Cl)c2)N[C@@H](CCN2CCC(C(=O)O)CC2)C1=O)c1ccccc1. The molecular weight excluding hydrogens is 535 g/mol. The van der Waals surface area contributed by atoms with Crippen molar-refractivity contribution < 1.29 is 14.7 Å². The number of benzene rings is 2. The van der Waals surface area contributed by atoms with E-state index in [1.165, 1.54) is 5.56 Å². The number of amides is 1. The van der Waals surface area contributed by atoms with Gasteiger partial charge in [-0.3, -0.25) is 9.59 Å². The van der Waals surface area contributed by atoms with E-state index >= 15 is 0 Å². The molecule has 2 heterocycles. The van der Waals surface area contributed by atoms with Crippen LogP contribution in [0.5, 0.6) is 0 Å². The summed E-state index contributed by atoms with van der Waals surface area (Å²) in [5.41, 5.74) is 2.16. The minimum absolute atomic E-state index is 0.105. The molecule has 2 fully saturated rings. The molecule has 39 heavy (non-hydrogen) atoms. The topological polar surface area (TPSA) is 84.9 Å². The van der Waals surface area contributed by atoms with Gasteiger partial charge in [-0.2, -0.15) is 0 Å². The van der Waals surface area contributed by atoms with Crippen molar-refractivity contribution in [1.82, 2.24) is 15.1 Å². The van der Waals surface area contributed by atoms with Gasteiger partial charge in [-0.25, -0.2) is 0 Å². The van der Waals surface area contributed by atoms with Crippen molar-refractivity contribution in [3.8, 4) is 0 Å². The number of carbonyl (C=O) groups is 2. The Hall–Kier alpha value is -2.32. The monoisotopic (exact) mass is 574 g/mol. The van der Waals surface area contributed by atoms with E-state index in [0.717, 1.165) is 38.2 Å². The van der Waals surface area contributed by atoms with Gasteiger partial charge >= 0.3 is 5.97 Å². The summed E-state index contributed by atoms with van der Waals surface area (Å²) in [5, 5.41) is 17.5. The molecule has 2 aromatic carbocycles. The molecule has 0 unspecified atom stereocenters. The van der Waals surface area contributed by atoms with Crippen LogP contribution in [-0.2, 0) is 9.59 Å². The fraction of sp³-hybridized carbons (Fsp3) is 0.533. The third-order valence-electron chi connectivity index (χ3n) is 8.14. The maximum Gasteiger partial charge on any atom is 0.306 e. The second kappa shape index (κ2) is 14.4. The molecule has 2 aliphatic rings. The van der Waals surface area contributed by atoms with Crippen molar-refractivity contribution in [1.29, 1.82) is 0 Å². The van der Waals surface area contributed by atoms with Crippen LogP contribution in [0.1, 0.15) is 50.5 Å². The molecule has 1 amide bonds. The Kier molecular flexibility index (Phi) is 10.9. The smallest absolute Gasteiger partial charge is 0.306 e. The third kappa shape index (κ3) is 8.34. The lowest BCUT2D eigenvalue weighted by Crippen LogP contribution is -2.49. The number of carboxylic acid groups (broad SMARTS) is 1. The van der Waals surface area contributed by atoms with Crippen LogP contribution < -0.4 is 10.6 Å². The predicted octanol–water partition coefficient (Wildman–Crippen LogP) is 5.34. The molecule has 2 saturated heterocycles. The van der Waals surface area contributed by atoms with Crippen LogP contribution in [0.2, 0.25) is 10.0 Å². The Labute approximate surface area is 241 Å². The van der Waals surface area contributed by atoms with Crippen LogP contribution in [0, 0.1) is 5.92 Å². The number of carboxylic acids is 1. The average Bonchev–Trinajstić information content (AvgIpc) is 3.10. The minimum Gasteiger partial charge on any atom is -0.481 e. The molecule has 212 valence electrons. The van der Waals surface area contributed by atoms with Gasteiger partial charge in [0.1, 0.15) is 0 Å². The third-order valence-corrected chi connectivity index (χ3v) is 8.88. The number of anilines is 1. The Bertz CT molecular complexity index is 1090. The quantitative estimate of drug-likeness (QED) is 0.335. The minimum atomic E-state index is -0.702. The fourth-order valence-electron chi connectivity index (χ4n) is 5.65. The molecule has 9 heteroatoms. The number of aliphatic carboxylic acids is 1. The van der Waals surface area contributed by atoms with Gasteiger partial charge in [-0.1, -0.05) is 60.5 Å². The first-order valence-electron chi connectivity index (χ1n) is 14.1. The standard InChI is InChI=1S/C30H40Cl2N4O3/c1-2-21(22-6-4-3-5-7-22)20-36-17-12-25(19-33-24-8-9-26(31)27(32)18-24)34-28(29(36)37)13-16-35-14-10-23(11-15-35)30(38)39/h3-9,18,21,23,25,28,33-34H,2,10-17,19-20H2,1H3,(H,38,39)/t21-,25+,28+/m1/s1. The molecule has 3 atom stereocenters. The number of halogens is 2. The summed E-state index contributed by atoms with van der Waals surface area (Å²) in [5.74, 6) is -0.513. The van der Waals surface area contributed by atoms with E-state index in [1.807, 2.05) is 18.2 Å². The number of nitrogens with one attached hydrogen (secondary N) is 2. The summed E-state index contributed by atoms with van der Waals surface area (Å²) < 4.78 is 0. The van der Waals surface area contributed by atoms with Crippen LogP contribution >= 0.6 is 23.2 Å². The Morgan fingerprint density at radius 2 is 1.82 bits per heavy atom. The molecule has 0 aromatic heterocycles. The van der Waals surface area contributed by atoms with Crippen LogP contribution in [0.4, 0.5) is 5.69 Å². The van der Waals surface area contributed by atoms with Crippen LogP contribution in [-0.4, -0.2) is 78.1 Å². The second-order valence-corrected chi connectivity index (χ2v) is 11.6. The lowest BCUT2D eigenvalue weighted by Gasteiger charge is -2.32. The van der Waals surface area contributed by atoms with Crippen molar-refractivity contribution in [2.24, 2.45) is 5.92 Å². The van der Waals surface area contributed by atoms with Gasteiger partial charge in [0.15, 0.2) is 0 Å². The predicted molar refractivity (Wildman–Crippen MR) is 158 cm³/mol. The lowest BCUT2D eigenvalue weighted by molar-refractivity contribution is -0.143. The van der Waals surface area contributed by atoms with E-state index < -0.39 is 5.97 Å². The molecule has 0 spiro atoms. The summed E-state index contributed by atoms with van der Waals surface area (Å²) in [6.07, 6.45) is 3.83. The van der Waals surface area contributed by atoms with Crippen molar-refractivity contribution in [3.63, 3.8) is 0 Å². The molecule has 3 N–H and O–H groups in total. The van der Waals surface area contributed by atoms with E-state index in [2.05, 4.69) is 51.6 Å². The maximum absolute atomic E-state index is 13.9. The molecule has 0 saturated carbocycles. The molecule has 2 aromatic rings. The Balaban J connectivity index is 1.42. The molecule has 4 rings (SSSR count). The highest BCUT2D eigenvalue weighted by molar-refractivity contribution is 6.42. The van der Waals surface area contributed by atoms with Gasteiger partial charge in [0.25, 0.3) is 0 Å². The van der Waals surface area contributed by atoms with Gasteiger partial charge in [0.2, 0.25) is 5.91 Å². The normalized spacial score (nSPS) is 21.9. The lowest BCUT2D eigenvalue weighted by atomic mass is 9.95. The van der Waals surface area contributed by atoms with Gasteiger partial charge in [-0.15, -0.1) is 0 Å². The zero-order valence-corrected chi connectivity index (χ0v) is 24.1. The number of nitrogens with zero attached hydrogens (tertiary/aromatic N) is 2. The summed E-state index contributed by atoms with van der Waals surface area (Å²) in [4.78, 5) is 29.5. The average molecular weight is 576 g/mol. The highest BCUT2D eigenvalue weighted by atomic mass is 35.5. The highest BCUT2D eigenvalue weighted by Crippen LogP contribution is 2.26. The number of rotatable bonds is 11. The zero-order chi connectivity index (χ0) is 27.8. The molecule has 0 radical (unpaired) electrons. The molecule has 0 aliphatic carbocycles. The number of likely N-dealkylation sites (tertiary alicyclic amines) is 1. The Morgan fingerprint density at radius 3 is 2.49 bits per heavy atom. The van der Waals surface area contributed by atoms with Crippen molar-refractivity contribution in [3.05, 3.63) is 64.1 Å². The number of piperidine rings is 1. The second-order valence-electron chi connectivity index (χ2n) is 10.8. The summed E-state index contributed by atoms with van der Waals surface area (Å²) in [7, 11) is 0. The van der Waals surface area contributed by atoms with Gasteiger partial charge < -0.3 is 25.5 Å². The molecule has 7 nitrogen and oxygen atoms in total. The van der Waals surface area contributed by atoms with Crippen LogP contribution in [0.15, 0.2) is 48.5 Å². The van der Waals surface area contributed by atoms with Gasteiger partial charge in [0.05, 0.1) is 22.0 Å². The van der Waals surface area contributed by atoms with E-state index in [4.69, 9.17) is 23.2 Å². The van der Waals surface area contributed by atoms with E-state index in [9.17, 15) is 14.7 Å². The van der Waals surface area contributed by atoms with Crippen molar-refractivity contribution in [2.75, 3.05) is 44.6 Å². The van der Waals surface area contributed by atoms with Gasteiger partial charge in [0, 0.05) is 43.8 Å². The van der Waals surface area contributed by atoms with Crippen molar-refractivity contribution >= 4 is 40.8 Å². The number of hydrogen-bond acceptors (Lipinski definition) is 5. The summed E-state index contributed by atoms with van der Waals surface area (Å²) in [6.45, 7) is 6.53. The summed E-state index contributed by atoms with van der Waals surface area (Å²) >= 11 is 12.3. The molecular formula is C30H40Cl2N4O3. The maximum atomic E-state index is 13.9. The first-order valence-corrected chi connectivity index (χ1v) is 14.8. The highest BCUT2D eigenvalue weighted by Gasteiger charge is 2.33. The van der Waals surface area contributed by atoms with E-state index in [0.29, 0.717) is 48.9 Å². The number of carbonyl (C=O) groups excluding carboxylic acids is 1. The van der Waals surface area contributed by atoms with Crippen LogP contribution in [0.25, 0.3) is 0 Å².